The van der Waals surface area contributed by atoms with Crippen molar-refractivity contribution in [1.82, 2.24) is 14.5 Å². The minimum atomic E-state index is 0.00889. The van der Waals surface area contributed by atoms with Crippen molar-refractivity contribution in [3.05, 3.63) is 33.7 Å². The summed E-state index contributed by atoms with van der Waals surface area (Å²) in [5.41, 5.74) is 1.75. The third-order valence-corrected chi connectivity index (χ3v) is 3.49. The molecule has 0 unspecified atom stereocenters. The first-order valence-corrected chi connectivity index (χ1v) is 5.64. The fourth-order valence-corrected chi connectivity index (χ4v) is 2.43. The molecule has 5 heteroatoms. The molecule has 2 aromatic rings. The number of aryl methyl sites for hydroxylation is 1. The number of imidazole rings is 1. The first-order valence-electron chi connectivity index (χ1n) is 5.26. The van der Waals surface area contributed by atoms with Gasteiger partial charge >= 0.3 is 5.69 Å². The Morgan fingerprint density at radius 3 is 2.81 bits per heavy atom. The summed E-state index contributed by atoms with van der Waals surface area (Å²) in [5, 5.41) is 3.81. The van der Waals surface area contributed by atoms with Gasteiger partial charge in [-0.2, -0.15) is 0 Å². The van der Waals surface area contributed by atoms with Crippen LogP contribution in [0.2, 0.25) is 5.02 Å². The molecule has 1 aromatic carbocycles. The molecule has 1 fully saturated rings. The minimum Gasteiger partial charge on any atom is -0.313 e. The predicted molar refractivity (Wildman–Crippen MR) is 64.1 cm³/mol. The van der Waals surface area contributed by atoms with Crippen molar-refractivity contribution in [2.45, 2.75) is 6.04 Å². The lowest BCUT2D eigenvalue weighted by Gasteiger charge is -2.28. The number of rotatable bonds is 1. The SMILES string of the molecule is Cn1c(=O)n(C2CNC2)c2c(Cl)cccc21. The zero-order valence-electron chi connectivity index (χ0n) is 8.90. The molecule has 0 amide bonds. The summed E-state index contributed by atoms with van der Waals surface area (Å²) in [6.07, 6.45) is 0. The highest BCUT2D eigenvalue weighted by molar-refractivity contribution is 6.35. The van der Waals surface area contributed by atoms with E-state index in [4.69, 9.17) is 11.6 Å². The van der Waals surface area contributed by atoms with Crippen LogP contribution in [0.25, 0.3) is 11.0 Å². The molecule has 0 aliphatic carbocycles. The normalized spacial score (nSPS) is 16.6. The average molecular weight is 238 g/mol. The molecular weight excluding hydrogens is 226 g/mol. The smallest absolute Gasteiger partial charge is 0.313 e. The van der Waals surface area contributed by atoms with Gasteiger partial charge in [0.1, 0.15) is 0 Å². The van der Waals surface area contributed by atoms with Gasteiger partial charge in [-0.05, 0) is 12.1 Å². The van der Waals surface area contributed by atoms with Gasteiger partial charge < -0.3 is 5.32 Å². The zero-order chi connectivity index (χ0) is 11.3. The number of halogens is 1. The van der Waals surface area contributed by atoms with Gasteiger partial charge in [0.2, 0.25) is 0 Å². The number of nitrogens with one attached hydrogen (secondary N) is 1. The van der Waals surface area contributed by atoms with Gasteiger partial charge in [-0.15, -0.1) is 0 Å². The van der Waals surface area contributed by atoms with Crippen molar-refractivity contribution in [3.8, 4) is 0 Å². The van der Waals surface area contributed by atoms with Crippen LogP contribution in [0.5, 0.6) is 0 Å². The Morgan fingerprint density at radius 1 is 1.44 bits per heavy atom. The van der Waals surface area contributed by atoms with E-state index in [1.165, 1.54) is 0 Å². The lowest BCUT2D eigenvalue weighted by Crippen LogP contribution is -2.46. The highest BCUT2D eigenvalue weighted by atomic mass is 35.5. The summed E-state index contributed by atoms with van der Waals surface area (Å²) in [6, 6.07) is 5.85. The topological polar surface area (TPSA) is 39.0 Å². The molecule has 3 rings (SSSR count). The summed E-state index contributed by atoms with van der Waals surface area (Å²) in [6.45, 7) is 1.68. The molecule has 1 saturated heterocycles. The predicted octanol–water partition coefficient (Wildman–Crippen LogP) is 1.14. The lowest BCUT2D eigenvalue weighted by atomic mass is 10.1. The Labute approximate surface area is 97.4 Å². The van der Waals surface area contributed by atoms with Crippen molar-refractivity contribution in [1.29, 1.82) is 0 Å². The number of hydrogen-bond donors (Lipinski definition) is 1. The second-order valence-corrected chi connectivity index (χ2v) is 4.54. The quantitative estimate of drug-likeness (QED) is 0.808. The van der Waals surface area contributed by atoms with Crippen LogP contribution in [0.1, 0.15) is 6.04 Å². The van der Waals surface area contributed by atoms with E-state index in [0.29, 0.717) is 5.02 Å². The molecule has 1 aliphatic rings. The maximum atomic E-state index is 12.1. The molecule has 4 nitrogen and oxygen atoms in total. The zero-order valence-corrected chi connectivity index (χ0v) is 9.66. The van der Waals surface area contributed by atoms with Crippen LogP contribution in [0.15, 0.2) is 23.0 Å². The molecule has 0 atom stereocenters. The molecule has 0 spiro atoms. The van der Waals surface area contributed by atoms with E-state index in [1.54, 1.807) is 16.2 Å². The highest BCUT2D eigenvalue weighted by Crippen LogP contribution is 2.25. The lowest BCUT2D eigenvalue weighted by molar-refractivity contribution is 0.341. The molecule has 16 heavy (non-hydrogen) atoms. The van der Waals surface area contributed by atoms with Crippen LogP contribution in [-0.4, -0.2) is 22.2 Å². The van der Waals surface area contributed by atoms with Crippen molar-refractivity contribution < 1.29 is 0 Å². The van der Waals surface area contributed by atoms with E-state index in [-0.39, 0.29) is 11.7 Å². The highest BCUT2D eigenvalue weighted by Gasteiger charge is 2.25. The van der Waals surface area contributed by atoms with Crippen molar-refractivity contribution in [3.63, 3.8) is 0 Å². The van der Waals surface area contributed by atoms with Gasteiger partial charge in [-0.25, -0.2) is 4.79 Å². The van der Waals surface area contributed by atoms with Crippen LogP contribution in [0.4, 0.5) is 0 Å². The van der Waals surface area contributed by atoms with E-state index in [9.17, 15) is 4.79 Å². The molecule has 1 N–H and O–H groups in total. The van der Waals surface area contributed by atoms with Gasteiger partial charge in [-0.3, -0.25) is 9.13 Å². The molecular formula is C11H12ClN3O. The average Bonchev–Trinajstić information content (AvgIpc) is 2.43. The summed E-state index contributed by atoms with van der Waals surface area (Å²) < 4.78 is 3.45. The van der Waals surface area contributed by atoms with Crippen LogP contribution < -0.4 is 11.0 Å². The molecule has 0 saturated carbocycles. The molecule has 84 valence electrons. The van der Waals surface area contributed by atoms with Gasteiger partial charge in [0.25, 0.3) is 0 Å². The molecule has 2 heterocycles. The minimum absolute atomic E-state index is 0.00889. The van der Waals surface area contributed by atoms with Crippen molar-refractivity contribution in [2.24, 2.45) is 7.05 Å². The van der Waals surface area contributed by atoms with E-state index in [2.05, 4.69) is 5.32 Å². The van der Waals surface area contributed by atoms with E-state index in [0.717, 1.165) is 24.1 Å². The van der Waals surface area contributed by atoms with E-state index < -0.39 is 0 Å². The van der Waals surface area contributed by atoms with Crippen LogP contribution >= 0.6 is 11.6 Å². The van der Waals surface area contributed by atoms with Crippen LogP contribution in [0, 0.1) is 0 Å². The summed E-state index contributed by atoms with van der Waals surface area (Å²) in [4.78, 5) is 12.1. The number of nitrogens with zero attached hydrogens (tertiary/aromatic N) is 2. The van der Waals surface area contributed by atoms with Gasteiger partial charge in [0.15, 0.2) is 0 Å². The van der Waals surface area contributed by atoms with Crippen molar-refractivity contribution in [2.75, 3.05) is 13.1 Å². The maximum absolute atomic E-state index is 12.1. The van der Waals surface area contributed by atoms with Crippen LogP contribution in [0.3, 0.4) is 0 Å². The monoisotopic (exact) mass is 237 g/mol. The fraction of sp³-hybridized carbons (Fsp3) is 0.364. The standard InChI is InChI=1S/C11H12ClN3O/c1-14-9-4-2-3-8(12)10(9)15(11(14)16)7-5-13-6-7/h2-4,7,13H,5-6H2,1H3. The Balaban J connectivity index is 2.41. The number of fused-ring (bicyclic) bond motifs is 1. The van der Waals surface area contributed by atoms with E-state index >= 15 is 0 Å². The second kappa shape index (κ2) is 3.37. The third kappa shape index (κ3) is 1.17. The fourth-order valence-electron chi connectivity index (χ4n) is 2.17. The Kier molecular flexibility index (Phi) is 2.09. The maximum Gasteiger partial charge on any atom is 0.329 e. The third-order valence-electron chi connectivity index (χ3n) is 3.19. The van der Waals surface area contributed by atoms with Crippen molar-refractivity contribution >= 4 is 22.6 Å². The largest absolute Gasteiger partial charge is 0.329 e. The molecule has 0 radical (unpaired) electrons. The Bertz CT molecular complexity index is 609. The number of benzene rings is 1. The second-order valence-electron chi connectivity index (χ2n) is 4.13. The van der Waals surface area contributed by atoms with Crippen LogP contribution in [-0.2, 0) is 7.05 Å². The Morgan fingerprint density at radius 2 is 2.19 bits per heavy atom. The number of hydrogen-bond acceptors (Lipinski definition) is 2. The van der Waals surface area contributed by atoms with Gasteiger partial charge in [0, 0.05) is 20.1 Å². The first kappa shape index (κ1) is 9.93. The first-order chi connectivity index (χ1) is 7.70. The molecule has 1 aliphatic heterocycles. The summed E-state index contributed by atoms with van der Waals surface area (Å²) in [7, 11) is 1.78. The van der Waals surface area contributed by atoms with E-state index in [1.807, 2.05) is 18.2 Å². The molecule has 0 bridgehead atoms. The summed E-state index contributed by atoms with van der Waals surface area (Å²) in [5.74, 6) is 0. The Hall–Kier alpha value is -1.26. The summed E-state index contributed by atoms with van der Waals surface area (Å²) >= 11 is 6.18. The molecule has 1 aromatic heterocycles. The van der Waals surface area contributed by atoms with Gasteiger partial charge in [0.05, 0.1) is 22.1 Å². The number of aromatic nitrogens is 2. The number of para-hydroxylation sites is 1. The van der Waals surface area contributed by atoms with Gasteiger partial charge in [-0.1, -0.05) is 17.7 Å².